The van der Waals surface area contributed by atoms with Gasteiger partial charge in [-0.2, -0.15) is 4.68 Å². The van der Waals surface area contributed by atoms with E-state index < -0.39 is 5.97 Å². The van der Waals surface area contributed by atoms with Crippen LogP contribution in [0.1, 0.15) is 10.5 Å². The zero-order valence-electron chi connectivity index (χ0n) is 9.22. The number of hydrogen-bond donors (Lipinski definition) is 1. The van der Waals surface area contributed by atoms with Crippen molar-refractivity contribution in [2.24, 2.45) is 0 Å². The SMILES string of the molecule is COC(=O)c1nnn(-c2cc(Cl)cc(Cl)c2)c1N. The van der Waals surface area contributed by atoms with Gasteiger partial charge in [0, 0.05) is 10.0 Å². The second-order valence-electron chi connectivity index (χ2n) is 3.35. The lowest BCUT2D eigenvalue weighted by molar-refractivity contribution is 0.0595. The van der Waals surface area contributed by atoms with Gasteiger partial charge in [-0.25, -0.2) is 4.79 Å². The number of esters is 1. The van der Waals surface area contributed by atoms with E-state index in [2.05, 4.69) is 15.0 Å². The molecule has 0 unspecified atom stereocenters. The Morgan fingerprint density at radius 2 is 1.94 bits per heavy atom. The number of carbonyl (C=O) groups excluding carboxylic acids is 1. The van der Waals surface area contributed by atoms with Crippen LogP contribution in [0.5, 0.6) is 0 Å². The van der Waals surface area contributed by atoms with Crippen molar-refractivity contribution < 1.29 is 9.53 Å². The summed E-state index contributed by atoms with van der Waals surface area (Å²) >= 11 is 11.7. The molecule has 0 aliphatic rings. The van der Waals surface area contributed by atoms with E-state index in [0.29, 0.717) is 15.7 Å². The molecule has 0 saturated heterocycles. The van der Waals surface area contributed by atoms with Crippen molar-refractivity contribution in [2.45, 2.75) is 0 Å². The predicted octanol–water partition coefficient (Wildman–Crippen LogP) is 1.94. The number of nitrogens with zero attached hydrogens (tertiary/aromatic N) is 3. The minimum atomic E-state index is -0.660. The van der Waals surface area contributed by atoms with Gasteiger partial charge in [-0.3, -0.25) is 0 Å². The van der Waals surface area contributed by atoms with Crippen LogP contribution in [0.4, 0.5) is 5.82 Å². The fourth-order valence-electron chi connectivity index (χ4n) is 1.38. The van der Waals surface area contributed by atoms with Gasteiger partial charge in [0.1, 0.15) is 0 Å². The Kier molecular flexibility index (Phi) is 3.40. The molecular formula is C10H8Cl2N4O2. The summed E-state index contributed by atoms with van der Waals surface area (Å²) in [5.41, 5.74) is 6.21. The van der Waals surface area contributed by atoms with Crippen molar-refractivity contribution in [1.29, 1.82) is 0 Å². The molecule has 0 radical (unpaired) electrons. The van der Waals surface area contributed by atoms with Crippen LogP contribution >= 0.6 is 23.2 Å². The lowest BCUT2D eigenvalue weighted by Gasteiger charge is -2.04. The van der Waals surface area contributed by atoms with E-state index in [4.69, 9.17) is 28.9 Å². The molecule has 0 bridgehead atoms. The lowest BCUT2D eigenvalue weighted by Crippen LogP contribution is -2.07. The average Bonchev–Trinajstić information content (AvgIpc) is 2.69. The van der Waals surface area contributed by atoms with Crippen LogP contribution in [-0.2, 0) is 4.74 Å². The van der Waals surface area contributed by atoms with Gasteiger partial charge in [0.2, 0.25) is 5.69 Å². The van der Waals surface area contributed by atoms with E-state index in [9.17, 15) is 4.79 Å². The van der Waals surface area contributed by atoms with Crippen LogP contribution in [-0.4, -0.2) is 28.1 Å². The molecular weight excluding hydrogens is 279 g/mol. The highest BCUT2D eigenvalue weighted by Crippen LogP contribution is 2.23. The van der Waals surface area contributed by atoms with Gasteiger partial charge in [-0.1, -0.05) is 28.4 Å². The molecule has 6 nitrogen and oxygen atoms in total. The molecule has 2 N–H and O–H groups in total. The Bertz CT molecular complexity index is 592. The summed E-state index contributed by atoms with van der Waals surface area (Å²) in [6, 6.07) is 4.76. The van der Waals surface area contributed by atoms with Crippen LogP contribution in [0.25, 0.3) is 5.69 Å². The van der Waals surface area contributed by atoms with E-state index in [1.54, 1.807) is 18.2 Å². The van der Waals surface area contributed by atoms with Crippen LogP contribution < -0.4 is 5.73 Å². The number of hydrogen-bond acceptors (Lipinski definition) is 5. The predicted molar refractivity (Wildman–Crippen MR) is 67.1 cm³/mol. The smallest absolute Gasteiger partial charge is 0.362 e. The molecule has 1 heterocycles. The Labute approximate surface area is 112 Å². The van der Waals surface area contributed by atoms with E-state index in [-0.39, 0.29) is 11.5 Å². The number of nitrogen functional groups attached to an aromatic ring is 1. The fraction of sp³-hybridized carbons (Fsp3) is 0.100. The first-order chi connectivity index (χ1) is 8.52. The van der Waals surface area contributed by atoms with Crippen molar-refractivity contribution in [1.82, 2.24) is 15.0 Å². The zero-order valence-corrected chi connectivity index (χ0v) is 10.7. The Morgan fingerprint density at radius 1 is 1.33 bits per heavy atom. The van der Waals surface area contributed by atoms with Crippen LogP contribution in [0.2, 0.25) is 10.0 Å². The number of methoxy groups -OCH3 is 1. The minimum Gasteiger partial charge on any atom is -0.464 e. The molecule has 0 aliphatic heterocycles. The normalized spacial score (nSPS) is 10.4. The van der Waals surface area contributed by atoms with Gasteiger partial charge in [0.05, 0.1) is 12.8 Å². The quantitative estimate of drug-likeness (QED) is 0.853. The van der Waals surface area contributed by atoms with E-state index in [1.165, 1.54) is 11.8 Å². The number of aromatic nitrogens is 3. The van der Waals surface area contributed by atoms with Gasteiger partial charge in [-0.15, -0.1) is 5.10 Å². The Morgan fingerprint density at radius 3 is 2.50 bits per heavy atom. The van der Waals surface area contributed by atoms with Crippen molar-refractivity contribution in [3.05, 3.63) is 33.9 Å². The maximum absolute atomic E-state index is 11.3. The monoisotopic (exact) mass is 286 g/mol. The van der Waals surface area contributed by atoms with Crippen molar-refractivity contribution in [3.63, 3.8) is 0 Å². The second-order valence-corrected chi connectivity index (χ2v) is 4.23. The first-order valence-corrected chi connectivity index (χ1v) is 5.54. The summed E-state index contributed by atoms with van der Waals surface area (Å²) < 4.78 is 5.78. The Balaban J connectivity index is 2.52. The maximum atomic E-state index is 11.3. The van der Waals surface area contributed by atoms with Gasteiger partial charge in [0.25, 0.3) is 0 Å². The van der Waals surface area contributed by atoms with Gasteiger partial charge >= 0.3 is 5.97 Å². The molecule has 1 aromatic heterocycles. The summed E-state index contributed by atoms with van der Waals surface area (Å²) in [6.07, 6.45) is 0. The van der Waals surface area contributed by atoms with E-state index >= 15 is 0 Å². The highest BCUT2D eigenvalue weighted by Gasteiger charge is 2.19. The average molecular weight is 287 g/mol. The number of ether oxygens (including phenoxy) is 1. The molecule has 1 aromatic carbocycles. The largest absolute Gasteiger partial charge is 0.464 e. The molecule has 2 rings (SSSR count). The Hall–Kier alpha value is -1.79. The summed E-state index contributed by atoms with van der Waals surface area (Å²) in [6.45, 7) is 0. The van der Waals surface area contributed by atoms with Crippen LogP contribution in [0.3, 0.4) is 0 Å². The number of halogens is 2. The van der Waals surface area contributed by atoms with Gasteiger partial charge in [0.15, 0.2) is 5.82 Å². The molecule has 0 amide bonds. The first kappa shape index (κ1) is 12.7. The topological polar surface area (TPSA) is 83.0 Å². The summed E-state index contributed by atoms with van der Waals surface area (Å²) in [4.78, 5) is 11.3. The number of carbonyl (C=O) groups is 1. The number of nitrogens with two attached hydrogens (primary N) is 1. The third-order valence-electron chi connectivity index (χ3n) is 2.18. The molecule has 0 saturated carbocycles. The molecule has 18 heavy (non-hydrogen) atoms. The molecule has 0 fully saturated rings. The van der Waals surface area contributed by atoms with Crippen molar-refractivity contribution in [2.75, 3.05) is 12.8 Å². The van der Waals surface area contributed by atoms with Gasteiger partial charge in [-0.05, 0) is 18.2 Å². The van der Waals surface area contributed by atoms with Crippen molar-refractivity contribution >= 4 is 35.0 Å². The molecule has 8 heteroatoms. The van der Waals surface area contributed by atoms with E-state index in [1.807, 2.05) is 0 Å². The highest BCUT2D eigenvalue weighted by molar-refractivity contribution is 6.34. The number of benzene rings is 1. The summed E-state index contributed by atoms with van der Waals surface area (Å²) in [5, 5.41) is 8.26. The standard InChI is InChI=1S/C10H8Cl2N4O2/c1-18-10(17)8-9(13)16(15-14-8)7-3-5(11)2-6(12)4-7/h2-4H,13H2,1H3. The first-order valence-electron chi connectivity index (χ1n) is 4.79. The molecule has 2 aromatic rings. The molecule has 0 atom stereocenters. The van der Waals surface area contributed by atoms with Crippen LogP contribution in [0.15, 0.2) is 18.2 Å². The number of anilines is 1. The van der Waals surface area contributed by atoms with Gasteiger partial charge < -0.3 is 10.5 Å². The maximum Gasteiger partial charge on any atom is 0.362 e. The summed E-state index contributed by atoms with van der Waals surface area (Å²) in [7, 11) is 1.23. The molecule has 0 aliphatic carbocycles. The van der Waals surface area contributed by atoms with Crippen molar-refractivity contribution in [3.8, 4) is 5.69 Å². The third-order valence-corrected chi connectivity index (χ3v) is 2.61. The fourth-order valence-corrected chi connectivity index (χ4v) is 1.90. The third kappa shape index (κ3) is 2.25. The van der Waals surface area contributed by atoms with Crippen LogP contribution in [0, 0.1) is 0 Å². The summed E-state index contributed by atoms with van der Waals surface area (Å²) in [5.74, 6) is -0.605. The van der Waals surface area contributed by atoms with E-state index in [0.717, 1.165) is 0 Å². The lowest BCUT2D eigenvalue weighted by atomic mass is 10.3. The minimum absolute atomic E-state index is 0.0557. The second kappa shape index (κ2) is 4.83. The number of rotatable bonds is 2. The zero-order chi connectivity index (χ0) is 13.3. The highest BCUT2D eigenvalue weighted by atomic mass is 35.5. The molecule has 0 spiro atoms. The molecule has 94 valence electrons.